The Bertz CT molecular complexity index is 2410. The molecule has 0 aliphatic heterocycles. The number of hydrogen-bond acceptors (Lipinski definition) is 7. The Morgan fingerprint density at radius 2 is 1.10 bits per heavy atom. The van der Waals surface area contributed by atoms with Gasteiger partial charge in [-0.25, -0.2) is 4.79 Å². The number of Topliss-reactive ketones (excluding diaryl/α,β-unsaturated/α-hetero) is 2. The van der Waals surface area contributed by atoms with Crippen molar-refractivity contribution in [2.45, 2.75) is 142 Å². The number of benzene rings is 5. The fourth-order valence-electron chi connectivity index (χ4n) is 9.02. The molecule has 4 N–H and O–H groups in total. The number of ether oxygens (including phenoxy) is 1. The van der Waals surface area contributed by atoms with E-state index in [4.69, 9.17) is 4.74 Å². The van der Waals surface area contributed by atoms with Crippen LogP contribution in [0.4, 0.5) is 0 Å². The summed E-state index contributed by atoms with van der Waals surface area (Å²) in [7, 11) is 0. The van der Waals surface area contributed by atoms with Gasteiger partial charge in [0.05, 0.1) is 18.1 Å². The van der Waals surface area contributed by atoms with Crippen molar-refractivity contribution in [3.05, 3.63) is 167 Å². The SMILES string of the molecule is CCCCC[C@H](CC(=O)c1ccc(-c2ccc(CCCC)cc2)cc1)C(=O)NC(C(=O)C[C@@H](C)C(=O)N[C@@H](CC(=O)NC(c1ccccc1)(c1ccccc1)c1ccccc1)C(=O)O)[C@@H](C)OC(C)(C)C. The Kier molecular flexibility index (Phi) is 20.6. The van der Waals surface area contributed by atoms with E-state index in [0.717, 1.165) is 59.9 Å². The second-order valence-electron chi connectivity index (χ2n) is 19.7. The summed E-state index contributed by atoms with van der Waals surface area (Å²) in [5.41, 5.74) is 4.10. The second kappa shape index (κ2) is 26.5. The summed E-state index contributed by atoms with van der Waals surface area (Å²) in [5, 5.41) is 18.9. The first-order chi connectivity index (χ1) is 33.9. The molecule has 0 saturated carbocycles. The maximum absolute atomic E-state index is 14.3. The first-order valence-electron chi connectivity index (χ1n) is 25.2. The zero-order valence-electron chi connectivity index (χ0n) is 42.5. The predicted octanol–water partition coefficient (Wildman–Crippen LogP) is 10.8. The minimum absolute atomic E-state index is 0.0669. The van der Waals surface area contributed by atoms with E-state index < -0.39 is 77.1 Å². The topological polar surface area (TPSA) is 168 Å². The zero-order valence-corrected chi connectivity index (χ0v) is 42.5. The lowest BCUT2D eigenvalue weighted by Gasteiger charge is -2.37. The first kappa shape index (κ1) is 55.2. The highest BCUT2D eigenvalue weighted by atomic mass is 16.5. The molecule has 0 bridgehead atoms. The van der Waals surface area contributed by atoms with E-state index >= 15 is 0 Å². The van der Waals surface area contributed by atoms with Crippen LogP contribution in [0.3, 0.4) is 0 Å². The molecule has 0 aromatic heterocycles. The highest BCUT2D eigenvalue weighted by Gasteiger charge is 2.40. The van der Waals surface area contributed by atoms with Crippen LogP contribution in [-0.4, -0.2) is 64.2 Å². The molecule has 0 heterocycles. The van der Waals surface area contributed by atoms with Crippen LogP contribution in [0.25, 0.3) is 11.1 Å². The van der Waals surface area contributed by atoms with Crippen molar-refractivity contribution >= 4 is 35.3 Å². The fraction of sp³-hybridized carbons (Fsp3) is 0.400. The van der Waals surface area contributed by atoms with Crippen LogP contribution in [0.2, 0.25) is 0 Å². The van der Waals surface area contributed by atoms with Gasteiger partial charge in [0.1, 0.15) is 17.6 Å². The number of carboxylic acid groups (broad SMARTS) is 1. The summed E-state index contributed by atoms with van der Waals surface area (Å²) >= 11 is 0. The zero-order chi connectivity index (χ0) is 51.6. The molecule has 5 aromatic carbocycles. The minimum Gasteiger partial charge on any atom is -0.480 e. The molecule has 3 amide bonds. The highest BCUT2D eigenvalue weighted by molar-refractivity contribution is 6.00. The van der Waals surface area contributed by atoms with Gasteiger partial charge in [0, 0.05) is 30.2 Å². The standard InChI is InChI=1S/C60H73N3O8/c1-8-10-15-23-47(39-52(64)46-36-34-45(35-37-46)44-32-30-43(31-33-44)22-11-9-2)57(68)62-55(42(4)71-59(5,6)7)53(65)38-41(3)56(67)61-51(58(69)70)40-54(66)63-60(48-24-16-12-17-25-48,49-26-18-13-19-27-49)50-28-20-14-21-29-50/h12-14,16-21,24-37,41-42,47,51,55H,8-11,15,22-23,38-40H2,1-7H3,(H,61,67)(H,62,68)(H,63,66)(H,69,70)/t41-,42-,47-,51+,55?/m1/s1. The molecule has 71 heavy (non-hydrogen) atoms. The van der Waals surface area contributed by atoms with Gasteiger partial charge in [0.25, 0.3) is 0 Å². The lowest BCUT2D eigenvalue weighted by molar-refractivity contribution is -0.144. The van der Waals surface area contributed by atoms with E-state index in [1.807, 2.05) is 124 Å². The molecule has 0 fully saturated rings. The molecule has 0 spiro atoms. The molecule has 5 rings (SSSR count). The van der Waals surface area contributed by atoms with Crippen LogP contribution in [0.15, 0.2) is 140 Å². The van der Waals surface area contributed by atoms with Crippen molar-refractivity contribution in [1.82, 2.24) is 16.0 Å². The van der Waals surface area contributed by atoms with Gasteiger partial charge in [0.15, 0.2) is 11.6 Å². The molecule has 1 unspecified atom stereocenters. The Hall–Kier alpha value is -6.72. The average Bonchev–Trinajstić information content (AvgIpc) is 3.36. The van der Waals surface area contributed by atoms with Crippen LogP contribution in [-0.2, 0) is 40.7 Å². The number of ketones is 2. The number of hydrogen-bond donors (Lipinski definition) is 4. The van der Waals surface area contributed by atoms with Crippen molar-refractivity contribution < 1.29 is 38.6 Å². The molecule has 0 radical (unpaired) electrons. The number of rotatable bonds is 27. The van der Waals surface area contributed by atoms with E-state index in [1.54, 1.807) is 19.1 Å². The minimum atomic E-state index is -1.64. The highest BCUT2D eigenvalue weighted by Crippen LogP contribution is 2.37. The molecule has 376 valence electrons. The summed E-state index contributed by atoms with van der Waals surface area (Å²) < 4.78 is 6.21. The second-order valence-corrected chi connectivity index (χ2v) is 19.7. The maximum Gasteiger partial charge on any atom is 0.326 e. The molecule has 5 atom stereocenters. The van der Waals surface area contributed by atoms with Gasteiger partial charge in [-0.2, -0.15) is 0 Å². The van der Waals surface area contributed by atoms with Crippen LogP contribution in [0.1, 0.15) is 139 Å². The van der Waals surface area contributed by atoms with Crippen molar-refractivity contribution in [3.63, 3.8) is 0 Å². The van der Waals surface area contributed by atoms with Gasteiger partial charge in [-0.15, -0.1) is 0 Å². The summed E-state index contributed by atoms with van der Waals surface area (Å²) in [6.45, 7) is 12.9. The lowest BCUT2D eigenvalue weighted by Crippen LogP contribution is -2.53. The Labute approximate surface area is 420 Å². The molecule has 11 heteroatoms. The van der Waals surface area contributed by atoms with Crippen LogP contribution >= 0.6 is 0 Å². The summed E-state index contributed by atoms with van der Waals surface area (Å²) in [6.07, 6.45) is 4.30. The molecule has 0 aliphatic carbocycles. The number of carbonyl (C=O) groups is 6. The summed E-state index contributed by atoms with van der Waals surface area (Å²) in [4.78, 5) is 83.1. The summed E-state index contributed by atoms with van der Waals surface area (Å²) in [5.74, 6) is -5.79. The largest absolute Gasteiger partial charge is 0.480 e. The molecule has 5 aromatic rings. The third kappa shape index (κ3) is 15.9. The number of carbonyl (C=O) groups excluding carboxylic acids is 5. The van der Waals surface area contributed by atoms with E-state index in [0.29, 0.717) is 18.4 Å². The smallest absolute Gasteiger partial charge is 0.326 e. The predicted molar refractivity (Wildman–Crippen MR) is 280 cm³/mol. The van der Waals surface area contributed by atoms with Gasteiger partial charge >= 0.3 is 5.97 Å². The van der Waals surface area contributed by atoms with E-state index in [9.17, 15) is 33.9 Å². The molecule has 0 aliphatic rings. The number of amides is 3. The normalized spacial score (nSPS) is 13.7. The van der Waals surface area contributed by atoms with Crippen molar-refractivity contribution in [2.24, 2.45) is 11.8 Å². The number of aliphatic carboxylic acids is 1. The van der Waals surface area contributed by atoms with E-state index in [2.05, 4.69) is 54.1 Å². The van der Waals surface area contributed by atoms with Crippen molar-refractivity contribution in [2.75, 3.05) is 0 Å². The summed E-state index contributed by atoms with van der Waals surface area (Å²) in [6, 6.07) is 41.1. The van der Waals surface area contributed by atoms with E-state index in [1.165, 1.54) is 12.5 Å². The first-order valence-corrected chi connectivity index (χ1v) is 25.2. The molecular formula is C60H73N3O8. The van der Waals surface area contributed by atoms with Gasteiger partial charge < -0.3 is 25.8 Å². The van der Waals surface area contributed by atoms with Gasteiger partial charge in [-0.1, -0.05) is 186 Å². The number of carboxylic acids is 1. The molecule has 11 nitrogen and oxygen atoms in total. The molecular weight excluding hydrogens is 891 g/mol. The van der Waals surface area contributed by atoms with Crippen molar-refractivity contribution in [3.8, 4) is 11.1 Å². The third-order valence-corrected chi connectivity index (χ3v) is 12.8. The number of nitrogens with one attached hydrogen (secondary N) is 3. The number of aryl methyl sites for hydroxylation is 1. The Morgan fingerprint density at radius 3 is 1.58 bits per heavy atom. The Morgan fingerprint density at radius 1 is 0.592 bits per heavy atom. The number of unbranched alkanes of at least 4 members (excludes halogenated alkanes) is 3. The maximum atomic E-state index is 14.3. The van der Waals surface area contributed by atoms with Crippen molar-refractivity contribution in [1.29, 1.82) is 0 Å². The average molecular weight is 964 g/mol. The van der Waals surface area contributed by atoms with Crippen LogP contribution in [0, 0.1) is 11.8 Å². The molecule has 0 saturated heterocycles. The third-order valence-electron chi connectivity index (χ3n) is 12.8. The van der Waals surface area contributed by atoms with Gasteiger partial charge in [0.2, 0.25) is 17.7 Å². The quantitative estimate of drug-likeness (QED) is 0.0229. The fourth-order valence-corrected chi connectivity index (χ4v) is 9.02. The Balaban J connectivity index is 1.30. The monoisotopic (exact) mass is 964 g/mol. The van der Waals surface area contributed by atoms with Gasteiger partial charge in [-0.05, 0) is 80.3 Å². The van der Waals surface area contributed by atoms with E-state index in [-0.39, 0.29) is 18.6 Å². The van der Waals surface area contributed by atoms with Crippen LogP contribution in [0.5, 0.6) is 0 Å². The van der Waals surface area contributed by atoms with Crippen LogP contribution < -0.4 is 16.0 Å². The van der Waals surface area contributed by atoms with Gasteiger partial charge in [-0.3, -0.25) is 24.0 Å². The lowest BCUT2D eigenvalue weighted by atomic mass is 9.77.